The maximum atomic E-state index is 12.7. The Morgan fingerprint density at radius 1 is 1.29 bits per heavy atom. The number of para-hydroxylation sites is 1. The Balaban J connectivity index is 2.05. The molecule has 1 aromatic heterocycles. The monoisotopic (exact) mass is 341 g/mol. The van der Waals surface area contributed by atoms with Gasteiger partial charge in [0.2, 0.25) is 0 Å². The van der Waals surface area contributed by atoms with Crippen LogP contribution < -0.4 is 4.31 Å². The molecule has 1 aromatic carbocycles. The van der Waals surface area contributed by atoms with E-state index in [1.807, 2.05) is 12.1 Å². The summed E-state index contributed by atoms with van der Waals surface area (Å²) in [5.74, 6) is -0.449. The predicted octanol–water partition coefficient (Wildman–Crippen LogP) is 2.75. The molecule has 0 unspecified atom stereocenters. The van der Waals surface area contributed by atoms with Gasteiger partial charge >= 0.3 is 5.97 Å². The highest BCUT2D eigenvalue weighted by atomic mass is 32.2. The SMILES string of the molecule is O=C(O)c1csc(S(=O)(=O)N2CCSc3ccccc32)c1. The molecule has 0 fully saturated rings. The Bertz CT molecular complexity index is 797. The van der Waals surface area contributed by atoms with Crippen molar-refractivity contribution in [3.63, 3.8) is 0 Å². The van der Waals surface area contributed by atoms with Gasteiger partial charge in [0.05, 0.1) is 11.3 Å². The van der Waals surface area contributed by atoms with Crippen LogP contribution in [0.25, 0.3) is 0 Å². The van der Waals surface area contributed by atoms with Gasteiger partial charge in [0.1, 0.15) is 4.21 Å². The predicted molar refractivity (Wildman–Crippen MR) is 83.0 cm³/mol. The van der Waals surface area contributed by atoms with Crippen molar-refractivity contribution in [3.8, 4) is 0 Å². The summed E-state index contributed by atoms with van der Waals surface area (Å²) in [6.45, 7) is 0.379. The average molecular weight is 341 g/mol. The first-order valence-corrected chi connectivity index (χ1v) is 9.37. The van der Waals surface area contributed by atoms with Crippen LogP contribution in [0.3, 0.4) is 0 Å². The third-order valence-corrected chi connectivity index (χ3v) is 7.32. The number of thiophene rings is 1. The van der Waals surface area contributed by atoms with E-state index in [0.717, 1.165) is 16.2 Å². The molecule has 21 heavy (non-hydrogen) atoms. The van der Waals surface area contributed by atoms with Gasteiger partial charge in [-0.25, -0.2) is 13.2 Å². The quantitative estimate of drug-likeness (QED) is 0.929. The van der Waals surface area contributed by atoms with E-state index < -0.39 is 16.0 Å². The number of benzene rings is 1. The summed E-state index contributed by atoms with van der Waals surface area (Å²) in [6.07, 6.45) is 0. The molecule has 1 N–H and O–H groups in total. The minimum atomic E-state index is -3.71. The van der Waals surface area contributed by atoms with Crippen LogP contribution in [0.4, 0.5) is 5.69 Å². The third kappa shape index (κ3) is 2.54. The van der Waals surface area contributed by atoms with Crippen molar-refractivity contribution in [3.05, 3.63) is 41.3 Å². The number of sulfonamides is 1. The van der Waals surface area contributed by atoms with E-state index in [4.69, 9.17) is 5.11 Å². The second kappa shape index (κ2) is 5.36. The first kappa shape index (κ1) is 14.4. The summed E-state index contributed by atoms with van der Waals surface area (Å²) in [5, 5.41) is 10.3. The lowest BCUT2D eigenvalue weighted by molar-refractivity contribution is 0.0697. The number of nitrogens with zero attached hydrogens (tertiary/aromatic N) is 1. The smallest absolute Gasteiger partial charge is 0.336 e. The van der Waals surface area contributed by atoms with Gasteiger partial charge < -0.3 is 5.11 Å². The van der Waals surface area contributed by atoms with Crippen LogP contribution in [0, 0.1) is 0 Å². The number of aromatic carboxylic acids is 1. The number of anilines is 1. The van der Waals surface area contributed by atoms with Crippen molar-refractivity contribution in [1.82, 2.24) is 0 Å². The highest BCUT2D eigenvalue weighted by molar-refractivity contribution is 8.00. The molecule has 0 spiro atoms. The number of thioether (sulfide) groups is 1. The summed E-state index contributed by atoms with van der Waals surface area (Å²) in [4.78, 5) is 11.8. The number of rotatable bonds is 3. The van der Waals surface area contributed by atoms with Crippen LogP contribution >= 0.6 is 23.1 Å². The zero-order valence-electron chi connectivity index (χ0n) is 10.7. The zero-order chi connectivity index (χ0) is 15.0. The third-order valence-electron chi connectivity index (χ3n) is 3.05. The fourth-order valence-corrected chi connectivity index (χ4v) is 5.99. The van der Waals surface area contributed by atoms with Gasteiger partial charge in [0, 0.05) is 22.6 Å². The van der Waals surface area contributed by atoms with Crippen molar-refractivity contribution in [2.24, 2.45) is 0 Å². The molecule has 5 nitrogen and oxygen atoms in total. The minimum Gasteiger partial charge on any atom is -0.478 e. The van der Waals surface area contributed by atoms with Gasteiger partial charge in [-0.2, -0.15) is 0 Å². The van der Waals surface area contributed by atoms with Crippen LogP contribution in [-0.2, 0) is 10.0 Å². The second-order valence-corrected chi connectivity index (χ2v) is 8.49. The molecule has 0 radical (unpaired) electrons. The molecule has 0 aliphatic carbocycles. The summed E-state index contributed by atoms with van der Waals surface area (Å²) in [5.41, 5.74) is 0.650. The van der Waals surface area contributed by atoms with Crippen LogP contribution in [0.15, 0.2) is 44.8 Å². The standard InChI is InChI=1S/C13H11NO4S3/c15-13(16)9-7-12(20-8-9)21(17,18)14-5-6-19-11-4-2-1-3-10(11)14/h1-4,7-8H,5-6H2,(H,15,16). The van der Waals surface area contributed by atoms with Crippen molar-refractivity contribution in [2.75, 3.05) is 16.6 Å². The van der Waals surface area contributed by atoms with E-state index in [9.17, 15) is 13.2 Å². The average Bonchev–Trinajstić information content (AvgIpc) is 2.97. The van der Waals surface area contributed by atoms with Crippen molar-refractivity contribution in [2.45, 2.75) is 9.10 Å². The Hall–Kier alpha value is -1.51. The minimum absolute atomic E-state index is 0.00163. The Morgan fingerprint density at radius 2 is 2.05 bits per heavy atom. The largest absolute Gasteiger partial charge is 0.478 e. The number of carboxylic acids is 1. The molecule has 1 aliphatic rings. The molecule has 0 atom stereocenters. The molecule has 1 aliphatic heterocycles. The molecule has 2 heterocycles. The normalized spacial score (nSPS) is 14.8. The number of hydrogen-bond acceptors (Lipinski definition) is 5. The van der Waals surface area contributed by atoms with E-state index in [2.05, 4.69) is 0 Å². The molecular formula is C13H11NO4S3. The molecule has 2 aromatic rings. The van der Waals surface area contributed by atoms with Gasteiger partial charge in [-0.1, -0.05) is 12.1 Å². The van der Waals surface area contributed by atoms with Gasteiger partial charge in [-0.3, -0.25) is 4.31 Å². The highest BCUT2D eigenvalue weighted by Gasteiger charge is 2.30. The summed E-state index contributed by atoms with van der Waals surface area (Å²) < 4.78 is 26.9. The maximum Gasteiger partial charge on any atom is 0.336 e. The number of hydrogen-bond donors (Lipinski definition) is 1. The van der Waals surface area contributed by atoms with Gasteiger partial charge in [-0.15, -0.1) is 23.1 Å². The topological polar surface area (TPSA) is 74.7 Å². The van der Waals surface area contributed by atoms with Gasteiger partial charge in [0.15, 0.2) is 0 Å². The molecule has 110 valence electrons. The number of carboxylic acid groups (broad SMARTS) is 1. The van der Waals surface area contributed by atoms with Gasteiger partial charge in [-0.05, 0) is 18.2 Å². The second-order valence-electron chi connectivity index (χ2n) is 4.35. The van der Waals surface area contributed by atoms with E-state index in [1.165, 1.54) is 15.8 Å². The first-order chi connectivity index (χ1) is 10.00. The maximum absolute atomic E-state index is 12.7. The van der Waals surface area contributed by atoms with Crippen LogP contribution in [0.1, 0.15) is 10.4 Å². The number of carbonyl (C=O) groups is 1. The van der Waals surface area contributed by atoms with Crippen molar-refractivity contribution in [1.29, 1.82) is 0 Å². The lowest BCUT2D eigenvalue weighted by atomic mass is 10.3. The van der Waals surface area contributed by atoms with E-state index >= 15 is 0 Å². The molecule has 0 amide bonds. The first-order valence-electron chi connectivity index (χ1n) is 6.06. The molecular weight excluding hydrogens is 330 g/mol. The summed E-state index contributed by atoms with van der Waals surface area (Å²) in [7, 11) is -3.71. The van der Waals surface area contributed by atoms with E-state index in [0.29, 0.717) is 18.0 Å². The van der Waals surface area contributed by atoms with Crippen LogP contribution in [0.2, 0.25) is 0 Å². The Labute approximate surface area is 130 Å². The highest BCUT2D eigenvalue weighted by Crippen LogP contribution is 2.38. The number of fused-ring (bicyclic) bond motifs is 1. The van der Waals surface area contributed by atoms with Gasteiger partial charge in [0.25, 0.3) is 10.0 Å². The molecule has 8 heteroatoms. The summed E-state index contributed by atoms with van der Waals surface area (Å²) >= 11 is 2.55. The Kier molecular flexibility index (Phi) is 3.68. The lowest BCUT2D eigenvalue weighted by Crippen LogP contribution is -2.35. The van der Waals surface area contributed by atoms with E-state index in [1.54, 1.807) is 23.9 Å². The fourth-order valence-electron chi connectivity index (χ4n) is 2.07. The van der Waals surface area contributed by atoms with Crippen molar-refractivity contribution >= 4 is 44.8 Å². The van der Waals surface area contributed by atoms with Crippen LogP contribution in [-0.4, -0.2) is 31.8 Å². The van der Waals surface area contributed by atoms with Crippen LogP contribution in [0.5, 0.6) is 0 Å². The molecule has 0 bridgehead atoms. The molecule has 0 saturated carbocycles. The van der Waals surface area contributed by atoms with Crippen molar-refractivity contribution < 1.29 is 18.3 Å². The molecule has 3 rings (SSSR count). The molecule has 0 saturated heterocycles. The summed E-state index contributed by atoms with van der Waals surface area (Å²) in [6, 6.07) is 8.54. The fraction of sp³-hybridized carbons (Fsp3) is 0.154. The zero-order valence-corrected chi connectivity index (χ0v) is 13.2. The Morgan fingerprint density at radius 3 is 2.76 bits per heavy atom. The lowest BCUT2D eigenvalue weighted by Gasteiger charge is -2.29. The van der Waals surface area contributed by atoms with E-state index in [-0.39, 0.29) is 9.77 Å².